The highest BCUT2D eigenvalue weighted by atomic mass is 19.1. The third-order valence-electron chi connectivity index (χ3n) is 1.58. The lowest BCUT2D eigenvalue weighted by atomic mass is 10.1. The molecule has 0 saturated carbocycles. The average molecular weight is 166 g/mol. The van der Waals surface area contributed by atoms with Crippen molar-refractivity contribution < 1.29 is 9.57 Å². The fourth-order valence-electron chi connectivity index (χ4n) is 0.984. The van der Waals surface area contributed by atoms with E-state index in [4.69, 9.17) is 0 Å². The molecule has 62 valence electrons. The largest absolute Gasteiger partial charge is 0.296 e. The van der Waals surface area contributed by atoms with Gasteiger partial charge in [0.15, 0.2) is 5.82 Å². The SMILES string of the molecule is C=C(C)c1cccc(F)c1[NH+]=O. The van der Waals surface area contributed by atoms with Gasteiger partial charge < -0.3 is 0 Å². The standard InChI is InChI=1S/C9H8FNO/c1-6(2)7-4-3-5-8(10)9(7)11-12/h3-5H,1H2,2H3/p+1. The van der Waals surface area contributed by atoms with Crippen molar-refractivity contribution in [3.63, 3.8) is 0 Å². The fourth-order valence-corrected chi connectivity index (χ4v) is 0.984. The summed E-state index contributed by atoms with van der Waals surface area (Å²) in [6.45, 7) is 5.35. The van der Waals surface area contributed by atoms with Gasteiger partial charge in [-0.2, -0.15) is 4.39 Å². The molecular formula is C9H9FNO+. The molecule has 1 N–H and O–H groups in total. The molecule has 0 aliphatic rings. The van der Waals surface area contributed by atoms with E-state index in [1.54, 1.807) is 24.2 Å². The summed E-state index contributed by atoms with van der Waals surface area (Å²) in [5.41, 5.74) is 1.14. The van der Waals surface area contributed by atoms with E-state index in [-0.39, 0.29) is 5.69 Å². The Labute approximate surface area is 69.7 Å². The van der Waals surface area contributed by atoms with Crippen molar-refractivity contribution in [3.8, 4) is 0 Å². The van der Waals surface area contributed by atoms with Gasteiger partial charge in [0.25, 0.3) is 5.69 Å². The molecule has 0 aliphatic heterocycles. The summed E-state index contributed by atoms with van der Waals surface area (Å²) in [7, 11) is 0. The maximum Gasteiger partial charge on any atom is 0.296 e. The van der Waals surface area contributed by atoms with Gasteiger partial charge in [-0.05, 0) is 24.6 Å². The van der Waals surface area contributed by atoms with Crippen LogP contribution in [0.15, 0.2) is 24.8 Å². The molecule has 12 heavy (non-hydrogen) atoms. The Morgan fingerprint density at radius 1 is 1.58 bits per heavy atom. The molecule has 0 unspecified atom stereocenters. The lowest BCUT2D eigenvalue weighted by molar-refractivity contribution is -0.382. The number of para-hydroxylation sites is 1. The van der Waals surface area contributed by atoms with Crippen molar-refractivity contribution >= 4 is 11.3 Å². The highest BCUT2D eigenvalue weighted by Gasteiger charge is 2.14. The number of hydrogen-bond acceptors (Lipinski definition) is 1. The molecule has 1 aromatic carbocycles. The molecule has 3 heteroatoms. The molecule has 0 fully saturated rings. The van der Waals surface area contributed by atoms with Crippen molar-refractivity contribution in [1.29, 1.82) is 0 Å². The van der Waals surface area contributed by atoms with Gasteiger partial charge in [-0.15, -0.1) is 0 Å². The van der Waals surface area contributed by atoms with Gasteiger partial charge >= 0.3 is 0 Å². The summed E-state index contributed by atoms with van der Waals surface area (Å²) in [6.07, 6.45) is 0. The zero-order chi connectivity index (χ0) is 9.14. The predicted octanol–water partition coefficient (Wildman–Crippen LogP) is 1.34. The zero-order valence-electron chi connectivity index (χ0n) is 6.73. The molecule has 0 bridgehead atoms. The van der Waals surface area contributed by atoms with Crippen LogP contribution in [0, 0.1) is 10.7 Å². The fraction of sp³-hybridized carbons (Fsp3) is 0.111. The third-order valence-corrected chi connectivity index (χ3v) is 1.58. The summed E-state index contributed by atoms with van der Waals surface area (Å²) < 4.78 is 12.9. The number of rotatable bonds is 2. The molecule has 1 rings (SSSR count). The van der Waals surface area contributed by atoms with Crippen LogP contribution in [0.5, 0.6) is 0 Å². The normalized spacial score (nSPS) is 9.50. The van der Waals surface area contributed by atoms with E-state index in [2.05, 4.69) is 6.58 Å². The molecular weight excluding hydrogens is 157 g/mol. The van der Waals surface area contributed by atoms with Crippen LogP contribution in [-0.2, 0) is 0 Å². The molecule has 1 aromatic rings. The lowest BCUT2D eigenvalue weighted by Crippen LogP contribution is -2.57. The van der Waals surface area contributed by atoms with Gasteiger partial charge in [0.1, 0.15) is 0 Å². The molecule has 2 nitrogen and oxygen atoms in total. The Bertz CT molecular complexity index is 333. The summed E-state index contributed by atoms with van der Waals surface area (Å²) >= 11 is 0. The maximum absolute atomic E-state index is 12.9. The van der Waals surface area contributed by atoms with Gasteiger partial charge in [0.2, 0.25) is 0 Å². The Kier molecular flexibility index (Phi) is 2.33. The molecule has 0 heterocycles. The van der Waals surface area contributed by atoms with Gasteiger partial charge in [-0.3, -0.25) is 0 Å². The molecule has 0 radical (unpaired) electrons. The number of hydrogen-bond donors (Lipinski definition) is 1. The Morgan fingerprint density at radius 3 is 2.67 bits per heavy atom. The van der Waals surface area contributed by atoms with Gasteiger partial charge in [0, 0.05) is 10.1 Å². The lowest BCUT2D eigenvalue weighted by Gasteiger charge is -1.97. The van der Waals surface area contributed by atoms with Crippen LogP contribution in [0.3, 0.4) is 0 Å². The smallest absolute Gasteiger partial charge is 0.199 e. The van der Waals surface area contributed by atoms with Crippen LogP contribution < -0.4 is 5.18 Å². The van der Waals surface area contributed by atoms with Crippen LogP contribution >= 0.6 is 0 Å². The van der Waals surface area contributed by atoms with Gasteiger partial charge in [-0.25, -0.2) is 0 Å². The van der Waals surface area contributed by atoms with E-state index in [1.165, 1.54) is 6.07 Å². The van der Waals surface area contributed by atoms with Crippen LogP contribution in [0.2, 0.25) is 0 Å². The van der Waals surface area contributed by atoms with E-state index in [9.17, 15) is 9.30 Å². The molecule has 0 spiro atoms. The first-order valence-electron chi connectivity index (χ1n) is 3.49. The zero-order valence-corrected chi connectivity index (χ0v) is 6.73. The van der Waals surface area contributed by atoms with E-state index in [0.717, 1.165) is 0 Å². The van der Waals surface area contributed by atoms with Gasteiger partial charge in [0.05, 0.1) is 5.56 Å². The van der Waals surface area contributed by atoms with Crippen molar-refractivity contribution in [2.45, 2.75) is 6.92 Å². The minimum atomic E-state index is -0.550. The summed E-state index contributed by atoms with van der Waals surface area (Å²) in [5.74, 6) is -0.550. The molecule has 0 saturated heterocycles. The van der Waals surface area contributed by atoms with E-state index in [1.807, 2.05) is 0 Å². The Hall–Kier alpha value is -1.51. The predicted molar refractivity (Wildman–Crippen MR) is 45.1 cm³/mol. The summed E-state index contributed by atoms with van der Waals surface area (Å²) in [6, 6.07) is 4.42. The minimum Gasteiger partial charge on any atom is -0.199 e. The van der Waals surface area contributed by atoms with E-state index >= 15 is 0 Å². The van der Waals surface area contributed by atoms with E-state index < -0.39 is 5.82 Å². The van der Waals surface area contributed by atoms with Crippen molar-refractivity contribution in [2.24, 2.45) is 0 Å². The summed E-state index contributed by atoms with van der Waals surface area (Å²) in [5, 5.41) is 1.56. The molecule has 0 aliphatic carbocycles. The van der Waals surface area contributed by atoms with Crippen molar-refractivity contribution in [1.82, 2.24) is 0 Å². The second kappa shape index (κ2) is 3.26. The van der Waals surface area contributed by atoms with Crippen LogP contribution in [0.1, 0.15) is 12.5 Å². The molecule has 0 atom stereocenters. The Balaban J connectivity index is 3.37. The second-order valence-electron chi connectivity index (χ2n) is 2.54. The first kappa shape index (κ1) is 8.59. The van der Waals surface area contributed by atoms with Crippen molar-refractivity contribution in [3.05, 3.63) is 41.1 Å². The topological polar surface area (TPSA) is 31.0 Å². The summed E-state index contributed by atoms with van der Waals surface area (Å²) in [4.78, 5) is 10.3. The number of halogens is 1. The quantitative estimate of drug-likeness (QED) is 0.706. The number of benzene rings is 1. The Morgan fingerprint density at radius 2 is 2.25 bits per heavy atom. The minimum absolute atomic E-state index is 0.0370. The van der Waals surface area contributed by atoms with Crippen LogP contribution in [0.4, 0.5) is 10.1 Å². The number of allylic oxidation sites excluding steroid dienone is 1. The number of nitroso groups, excluding NO2 is 1. The number of nitrogens with one attached hydrogen (secondary N) is 1. The van der Waals surface area contributed by atoms with Crippen LogP contribution in [-0.4, -0.2) is 0 Å². The first-order chi connectivity index (χ1) is 5.66. The highest BCUT2D eigenvalue weighted by molar-refractivity contribution is 5.69. The van der Waals surface area contributed by atoms with Crippen LogP contribution in [0.25, 0.3) is 5.57 Å². The molecule has 0 amide bonds. The monoisotopic (exact) mass is 166 g/mol. The molecule has 0 aromatic heterocycles. The maximum atomic E-state index is 12.9. The van der Waals surface area contributed by atoms with Crippen molar-refractivity contribution in [2.75, 3.05) is 0 Å². The van der Waals surface area contributed by atoms with Gasteiger partial charge in [-0.1, -0.05) is 12.6 Å². The first-order valence-corrected chi connectivity index (χ1v) is 3.49. The van der Waals surface area contributed by atoms with E-state index in [0.29, 0.717) is 11.1 Å². The third kappa shape index (κ3) is 1.39. The second-order valence-corrected chi connectivity index (χ2v) is 2.54. The average Bonchev–Trinajstić information content (AvgIpc) is 2.03. The highest BCUT2D eigenvalue weighted by Crippen LogP contribution is 2.20.